The molecule has 1 aliphatic rings. The minimum atomic E-state index is -3.55. The van der Waals surface area contributed by atoms with Crippen molar-refractivity contribution in [2.45, 2.75) is 4.90 Å². The van der Waals surface area contributed by atoms with Crippen LogP contribution in [-0.2, 0) is 14.8 Å². The van der Waals surface area contributed by atoms with Crippen LogP contribution in [0.15, 0.2) is 51.8 Å². The first-order valence-electron chi connectivity index (χ1n) is 8.92. The van der Waals surface area contributed by atoms with Crippen molar-refractivity contribution >= 4 is 37.5 Å². The summed E-state index contributed by atoms with van der Waals surface area (Å²) in [6.07, 6.45) is 0. The zero-order valence-electron chi connectivity index (χ0n) is 15.8. The second-order valence-corrected chi connectivity index (χ2v) is 9.44. The number of benzene rings is 2. The molecule has 2 aromatic carbocycles. The Labute approximate surface area is 177 Å². The largest absolute Gasteiger partial charge is 0.483 e. The quantitative estimate of drug-likeness (QED) is 0.679. The lowest BCUT2D eigenvalue weighted by molar-refractivity contribution is -0.118. The predicted molar refractivity (Wildman–Crippen MR) is 111 cm³/mol. The van der Waals surface area contributed by atoms with Gasteiger partial charge in [0.2, 0.25) is 10.0 Å². The van der Waals surface area contributed by atoms with Crippen molar-refractivity contribution in [1.29, 1.82) is 0 Å². The molecule has 10 heteroatoms. The van der Waals surface area contributed by atoms with E-state index in [4.69, 9.17) is 4.74 Å². The number of amides is 1. The summed E-state index contributed by atoms with van der Waals surface area (Å²) in [6.45, 7) is 2.02. The van der Waals surface area contributed by atoms with Gasteiger partial charge in [-0.05, 0) is 65.4 Å². The van der Waals surface area contributed by atoms with E-state index in [0.717, 1.165) is 0 Å². The number of halogens is 2. The van der Waals surface area contributed by atoms with Gasteiger partial charge in [-0.3, -0.25) is 4.79 Å². The molecular weight excluding hydrogens is 465 g/mol. The van der Waals surface area contributed by atoms with Gasteiger partial charge in [-0.2, -0.15) is 4.31 Å². The summed E-state index contributed by atoms with van der Waals surface area (Å²) in [6, 6.07) is 9.92. The average Bonchev–Trinajstić information content (AvgIpc) is 2.68. The van der Waals surface area contributed by atoms with E-state index in [9.17, 15) is 17.6 Å². The van der Waals surface area contributed by atoms with Crippen LogP contribution >= 0.6 is 15.9 Å². The predicted octanol–water partition coefficient (Wildman–Crippen LogP) is 2.54. The fourth-order valence-electron chi connectivity index (χ4n) is 2.82. The van der Waals surface area contributed by atoms with E-state index in [1.54, 1.807) is 0 Å². The van der Waals surface area contributed by atoms with Crippen LogP contribution in [0, 0.1) is 5.82 Å². The lowest BCUT2D eigenvalue weighted by Crippen LogP contribution is -2.46. The molecule has 1 heterocycles. The lowest BCUT2D eigenvalue weighted by atomic mass is 10.3. The third-order valence-corrected chi connectivity index (χ3v) is 7.02. The number of likely N-dealkylation sites (N-methyl/N-ethyl adjacent to an activating group) is 1. The number of nitrogens with one attached hydrogen (secondary N) is 1. The average molecular weight is 486 g/mol. The van der Waals surface area contributed by atoms with Crippen LogP contribution in [0.25, 0.3) is 0 Å². The standard InChI is InChI=1S/C19H21BrFN3O4S/c1-23-8-10-24(11-9-23)29(26,27)16-5-3-15(4-6-16)22-19(25)13-28-18-7-2-14(21)12-17(18)20/h2-7,12H,8-11,13H2,1H3,(H,22,25). The Morgan fingerprint density at radius 1 is 1.14 bits per heavy atom. The molecule has 1 aliphatic heterocycles. The van der Waals surface area contributed by atoms with E-state index in [1.165, 1.54) is 46.8 Å². The third-order valence-electron chi connectivity index (χ3n) is 4.49. The Bertz CT molecular complexity index is 977. The van der Waals surface area contributed by atoms with Crippen LogP contribution in [0.1, 0.15) is 0 Å². The number of hydrogen-bond acceptors (Lipinski definition) is 5. The Morgan fingerprint density at radius 3 is 2.41 bits per heavy atom. The molecule has 0 atom stereocenters. The van der Waals surface area contributed by atoms with Crippen molar-refractivity contribution < 1.29 is 22.3 Å². The van der Waals surface area contributed by atoms with Crippen molar-refractivity contribution in [1.82, 2.24) is 9.21 Å². The normalized spacial score (nSPS) is 15.8. The second kappa shape index (κ2) is 9.21. The molecular formula is C19H21BrFN3O4S. The minimum Gasteiger partial charge on any atom is -0.483 e. The smallest absolute Gasteiger partial charge is 0.262 e. The highest BCUT2D eigenvalue weighted by atomic mass is 79.9. The number of hydrogen-bond donors (Lipinski definition) is 1. The number of piperazine rings is 1. The summed E-state index contributed by atoms with van der Waals surface area (Å²) in [5.41, 5.74) is 0.453. The summed E-state index contributed by atoms with van der Waals surface area (Å²) in [7, 11) is -1.59. The molecule has 1 amide bonds. The van der Waals surface area contributed by atoms with E-state index < -0.39 is 21.7 Å². The number of carbonyl (C=O) groups is 1. The lowest BCUT2D eigenvalue weighted by Gasteiger charge is -2.31. The summed E-state index contributed by atoms with van der Waals surface area (Å²) in [4.78, 5) is 14.3. The summed E-state index contributed by atoms with van der Waals surface area (Å²) in [5, 5.41) is 2.64. The molecule has 3 rings (SSSR count). The molecule has 0 spiro atoms. The maximum absolute atomic E-state index is 13.1. The molecule has 0 aromatic heterocycles. The first kappa shape index (κ1) is 21.7. The van der Waals surface area contributed by atoms with Gasteiger partial charge in [0.1, 0.15) is 11.6 Å². The van der Waals surface area contributed by atoms with Crippen molar-refractivity contribution in [3.63, 3.8) is 0 Å². The SMILES string of the molecule is CN1CCN(S(=O)(=O)c2ccc(NC(=O)COc3ccc(F)cc3Br)cc2)CC1. The Balaban J connectivity index is 1.57. The first-order valence-corrected chi connectivity index (χ1v) is 11.2. The van der Waals surface area contributed by atoms with Gasteiger partial charge in [0.25, 0.3) is 5.91 Å². The monoisotopic (exact) mass is 485 g/mol. The zero-order valence-corrected chi connectivity index (χ0v) is 18.2. The minimum absolute atomic E-state index is 0.187. The molecule has 29 heavy (non-hydrogen) atoms. The van der Waals surface area contributed by atoms with E-state index in [1.807, 2.05) is 7.05 Å². The maximum Gasteiger partial charge on any atom is 0.262 e. The molecule has 1 N–H and O–H groups in total. The molecule has 1 fully saturated rings. The van der Waals surface area contributed by atoms with Gasteiger partial charge in [-0.25, -0.2) is 12.8 Å². The topological polar surface area (TPSA) is 79.0 Å². The van der Waals surface area contributed by atoms with Crippen LogP contribution in [0.2, 0.25) is 0 Å². The van der Waals surface area contributed by atoms with Crippen molar-refractivity contribution in [3.8, 4) is 5.75 Å². The number of sulfonamides is 1. The molecule has 0 unspecified atom stereocenters. The summed E-state index contributed by atoms with van der Waals surface area (Å²) < 4.78 is 45.7. The van der Waals surface area contributed by atoms with Gasteiger partial charge < -0.3 is 15.0 Å². The van der Waals surface area contributed by atoms with Crippen molar-refractivity contribution in [2.75, 3.05) is 45.2 Å². The molecule has 0 radical (unpaired) electrons. The number of ether oxygens (including phenoxy) is 1. The van der Waals surface area contributed by atoms with Crippen molar-refractivity contribution in [3.05, 3.63) is 52.8 Å². The molecule has 7 nitrogen and oxygen atoms in total. The maximum atomic E-state index is 13.1. The summed E-state index contributed by atoms with van der Waals surface area (Å²) in [5.74, 6) is -0.494. The molecule has 2 aromatic rings. The van der Waals surface area contributed by atoms with Gasteiger partial charge in [0, 0.05) is 31.9 Å². The third kappa shape index (κ3) is 5.53. The van der Waals surface area contributed by atoms with Crippen LogP contribution in [0.5, 0.6) is 5.75 Å². The zero-order chi connectivity index (χ0) is 21.0. The van der Waals surface area contributed by atoms with Gasteiger partial charge in [-0.15, -0.1) is 0 Å². The fourth-order valence-corrected chi connectivity index (χ4v) is 4.71. The number of anilines is 1. The Hall–Kier alpha value is -2.01. The highest BCUT2D eigenvalue weighted by Gasteiger charge is 2.27. The Morgan fingerprint density at radius 2 is 1.79 bits per heavy atom. The fraction of sp³-hybridized carbons (Fsp3) is 0.316. The highest BCUT2D eigenvalue weighted by Crippen LogP contribution is 2.25. The van der Waals surface area contributed by atoms with E-state index in [-0.39, 0.29) is 11.5 Å². The van der Waals surface area contributed by atoms with Gasteiger partial charge >= 0.3 is 0 Å². The van der Waals surface area contributed by atoms with Crippen LogP contribution < -0.4 is 10.1 Å². The Kier molecular flexibility index (Phi) is 6.89. The summed E-state index contributed by atoms with van der Waals surface area (Å²) >= 11 is 3.17. The molecule has 0 bridgehead atoms. The second-order valence-electron chi connectivity index (χ2n) is 6.64. The molecule has 0 aliphatic carbocycles. The van der Waals surface area contributed by atoms with Crippen LogP contribution in [0.4, 0.5) is 10.1 Å². The molecule has 156 valence electrons. The van der Waals surface area contributed by atoms with E-state index >= 15 is 0 Å². The van der Waals surface area contributed by atoms with E-state index in [0.29, 0.717) is 42.1 Å². The first-order chi connectivity index (χ1) is 13.8. The number of rotatable bonds is 6. The van der Waals surface area contributed by atoms with Crippen LogP contribution in [0.3, 0.4) is 0 Å². The highest BCUT2D eigenvalue weighted by molar-refractivity contribution is 9.10. The van der Waals surface area contributed by atoms with Gasteiger partial charge in [0.15, 0.2) is 6.61 Å². The van der Waals surface area contributed by atoms with Gasteiger partial charge in [0.05, 0.1) is 9.37 Å². The molecule has 1 saturated heterocycles. The van der Waals surface area contributed by atoms with Gasteiger partial charge in [-0.1, -0.05) is 0 Å². The van der Waals surface area contributed by atoms with Crippen LogP contribution in [-0.4, -0.2) is 63.4 Å². The van der Waals surface area contributed by atoms with Crippen molar-refractivity contribution in [2.24, 2.45) is 0 Å². The number of carbonyl (C=O) groups excluding carboxylic acids is 1. The molecule has 0 saturated carbocycles. The van der Waals surface area contributed by atoms with E-state index in [2.05, 4.69) is 26.1 Å². The number of nitrogens with zero attached hydrogens (tertiary/aromatic N) is 2.